The summed E-state index contributed by atoms with van der Waals surface area (Å²) in [4.78, 5) is 12.9. The van der Waals surface area contributed by atoms with Gasteiger partial charge in [0.1, 0.15) is 11.6 Å². The highest BCUT2D eigenvalue weighted by Crippen LogP contribution is 2.44. The molecule has 2 aromatic carbocycles. The van der Waals surface area contributed by atoms with Crippen molar-refractivity contribution in [3.63, 3.8) is 0 Å². The fraction of sp³-hybridized carbons (Fsp3) is 0.133. The molecule has 0 saturated heterocycles. The van der Waals surface area contributed by atoms with Gasteiger partial charge < -0.3 is 4.74 Å². The summed E-state index contributed by atoms with van der Waals surface area (Å²) < 4.78 is 18.9. The fourth-order valence-electron chi connectivity index (χ4n) is 2.03. The highest BCUT2D eigenvalue weighted by molar-refractivity contribution is 7.99. The van der Waals surface area contributed by atoms with E-state index < -0.39 is 0 Å². The zero-order valence-corrected chi connectivity index (χ0v) is 11.0. The Hall–Kier alpha value is -1.81. The Morgan fingerprint density at radius 3 is 2.63 bits per heavy atom. The maximum Gasteiger partial charge on any atom is 0.318 e. The lowest BCUT2D eigenvalue weighted by atomic mass is 10.0. The molecule has 19 heavy (non-hydrogen) atoms. The number of hydrogen-bond donors (Lipinski definition) is 0. The van der Waals surface area contributed by atoms with Gasteiger partial charge in [-0.15, -0.1) is 0 Å². The first-order valence-corrected chi connectivity index (χ1v) is 6.75. The number of hydrogen-bond acceptors (Lipinski definition) is 3. The van der Waals surface area contributed by atoms with Crippen LogP contribution in [0.3, 0.4) is 0 Å². The van der Waals surface area contributed by atoms with Gasteiger partial charge in [-0.2, -0.15) is 0 Å². The molecular weight excluding hydrogens is 263 g/mol. The second kappa shape index (κ2) is 4.70. The molecule has 0 amide bonds. The van der Waals surface area contributed by atoms with Crippen molar-refractivity contribution in [3.8, 4) is 5.75 Å². The molecule has 0 bridgehead atoms. The number of esters is 1. The SMILES string of the molecule is CC1C(=O)Oc2c(Sc3ccccc3F)cccc21. The van der Waals surface area contributed by atoms with E-state index in [9.17, 15) is 9.18 Å². The molecule has 4 heteroatoms. The molecule has 1 unspecified atom stereocenters. The third kappa shape index (κ3) is 2.12. The highest BCUT2D eigenvalue weighted by atomic mass is 32.2. The van der Waals surface area contributed by atoms with Crippen LogP contribution in [-0.2, 0) is 4.79 Å². The van der Waals surface area contributed by atoms with Crippen molar-refractivity contribution in [2.45, 2.75) is 22.6 Å². The third-order valence-electron chi connectivity index (χ3n) is 3.09. The van der Waals surface area contributed by atoms with E-state index in [0.29, 0.717) is 10.6 Å². The summed E-state index contributed by atoms with van der Waals surface area (Å²) in [5, 5.41) is 0. The molecule has 1 aliphatic heterocycles. The van der Waals surface area contributed by atoms with Crippen LogP contribution in [0, 0.1) is 5.82 Å². The maximum absolute atomic E-state index is 13.7. The monoisotopic (exact) mass is 274 g/mol. The van der Waals surface area contributed by atoms with Crippen molar-refractivity contribution in [1.82, 2.24) is 0 Å². The summed E-state index contributed by atoms with van der Waals surface area (Å²) in [5.41, 5.74) is 0.867. The van der Waals surface area contributed by atoms with Crippen LogP contribution in [0.4, 0.5) is 4.39 Å². The van der Waals surface area contributed by atoms with E-state index in [-0.39, 0.29) is 17.7 Å². The van der Waals surface area contributed by atoms with Gasteiger partial charge in [-0.25, -0.2) is 4.39 Å². The zero-order valence-electron chi connectivity index (χ0n) is 10.2. The van der Waals surface area contributed by atoms with E-state index in [1.54, 1.807) is 18.2 Å². The molecule has 2 aromatic rings. The van der Waals surface area contributed by atoms with Crippen molar-refractivity contribution < 1.29 is 13.9 Å². The van der Waals surface area contributed by atoms with E-state index in [1.165, 1.54) is 17.8 Å². The van der Waals surface area contributed by atoms with Gasteiger partial charge in [0.15, 0.2) is 0 Å². The minimum absolute atomic E-state index is 0.253. The molecule has 0 radical (unpaired) electrons. The summed E-state index contributed by atoms with van der Waals surface area (Å²) in [7, 11) is 0. The van der Waals surface area contributed by atoms with Gasteiger partial charge in [0, 0.05) is 10.5 Å². The molecule has 0 fully saturated rings. The molecule has 0 N–H and O–H groups in total. The average molecular weight is 274 g/mol. The molecule has 0 saturated carbocycles. The van der Waals surface area contributed by atoms with Crippen molar-refractivity contribution in [2.24, 2.45) is 0 Å². The molecule has 1 atom stereocenters. The molecule has 3 rings (SSSR count). The van der Waals surface area contributed by atoms with Gasteiger partial charge in [-0.3, -0.25) is 4.79 Å². The first kappa shape index (κ1) is 12.2. The summed E-state index contributed by atoms with van der Waals surface area (Å²) in [6.07, 6.45) is 0. The summed E-state index contributed by atoms with van der Waals surface area (Å²) >= 11 is 1.27. The highest BCUT2D eigenvalue weighted by Gasteiger charge is 2.31. The average Bonchev–Trinajstić information content (AvgIpc) is 2.70. The normalized spacial score (nSPS) is 17.2. The third-order valence-corrected chi connectivity index (χ3v) is 4.18. The Morgan fingerprint density at radius 2 is 1.84 bits per heavy atom. The van der Waals surface area contributed by atoms with Crippen LogP contribution in [0.25, 0.3) is 0 Å². The van der Waals surface area contributed by atoms with Gasteiger partial charge in [0.05, 0.1) is 10.8 Å². The van der Waals surface area contributed by atoms with Crippen LogP contribution >= 0.6 is 11.8 Å². The second-order valence-corrected chi connectivity index (χ2v) is 5.43. The van der Waals surface area contributed by atoms with Crippen molar-refractivity contribution >= 4 is 17.7 Å². The van der Waals surface area contributed by atoms with E-state index in [4.69, 9.17) is 4.74 Å². The summed E-state index contributed by atoms with van der Waals surface area (Å²) in [5.74, 6) is -0.219. The molecular formula is C15H11FO2S. The van der Waals surface area contributed by atoms with Gasteiger partial charge in [-0.05, 0) is 25.1 Å². The molecule has 96 valence electrons. The van der Waals surface area contributed by atoms with Gasteiger partial charge in [-0.1, -0.05) is 36.0 Å². The topological polar surface area (TPSA) is 26.3 Å². The minimum Gasteiger partial charge on any atom is -0.425 e. The zero-order chi connectivity index (χ0) is 13.4. The lowest BCUT2D eigenvalue weighted by Crippen LogP contribution is -2.05. The van der Waals surface area contributed by atoms with Crippen molar-refractivity contribution in [2.75, 3.05) is 0 Å². The number of carbonyl (C=O) groups is 1. The molecule has 0 aliphatic carbocycles. The van der Waals surface area contributed by atoms with E-state index in [1.807, 2.05) is 25.1 Å². The Labute approximate surface area is 114 Å². The van der Waals surface area contributed by atoms with Gasteiger partial charge >= 0.3 is 5.97 Å². The van der Waals surface area contributed by atoms with Crippen LogP contribution in [0.2, 0.25) is 0 Å². The lowest BCUT2D eigenvalue weighted by Gasteiger charge is -2.07. The first-order valence-electron chi connectivity index (χ1n) is 5.94. The predicted molar refractivity (Wildman–Crippen MR) is 71.0 cm³/mol. The van der Waals surface area contributed by atoms with Crippen molar-refractivity contribution in [3.05, 3.63) is 53.8 Å². The largest absolute Gasteiger partial charge is 0.425 e. The quantitative estimate of drug-likeness (QED) is 0.611. The van der Waals surface area contributed by atoms with Crippen LogP contribution in [0.1, 0.15) is 18.4 Å². The molecule has 0 spiro atoms. The Morgan fingerprint density at radius 1 is 1.11 bits per heavy atom. The predicted octanol–water partition coefficient (Wildman–Crippen LogP) is 4.00. The minimum atomic E-state index is -0.275. The second-order valence-electron chi connectivity index (χ2n) is 4.35. The molecule has 2 nitrogen and oxygen atoms in total. The van der Waals surface area contributed by atoms with E-state index in [0.717, 1.165) is 10.5 Å². The molecule has 1 aliphatic rings. The van der Waals surface area contributed by atoms with Crippen LogP contribution in [0.5, 0.6) is 5.75 Å². The number of ether oxygens (including phenoxy) is 1. The number of carbonyl (C=O) groups excluding carboxylic acids is 1. The first-order chi connectivity index (χ1) is 9.16. The number of halogens is 1. The summed E-state index contributed by atoms with van der Waals surface area (Å²) in [6.45, 7) is 1.81. The number of para-hydroxylation sites is 1. The smallest absolute Gasteiger partial charge is 0.318 e. The number of fused-ring (bicyclic) bond motifs is 1. The van der Waals surface area contributed by atoms with Gasteiger partial charge in [0.25, 0.3) is 0 Å². The molecule has 1 heterocycles. The van der Waals surface area contributed by atoms with E-state index >= 15 is 0 Å². The van der Waals surface area contributed by atoms with Crippen molar-refractivity contribution in [1.29, 1.82) is 0 Å². The maximum atomic E-state index is 13.7. The summed E-state index contributed by atoms with van der Waals surface area (Å²) in [6, 6.07) is 12.1. The van der Waals surface area contributed by atoms with Crippen LogP contribution in [0.15, 0.2) is 52.3 Å². The Bertz CT molecular complexity index is 654. The van der Waals surface area contributed by atoms with Gasteiger partial charge in [0.2, 0.25) is 0 Å². The van der Waals surface area contributed by atoms with Crippen LogP contribution < -0.4 is 4.74 Å². The number of rotatable bonds is 2. The van der Waals surface area contributed by atoms with Crippen LogP contribution in [-0.4, -0.2) is 5.97 Å². The lowest BCUT2D eigenvalue weighted by molar-refractivity contribution is -0.133. The standard InChI is InChI=1S/C15H11FO2S/c1-9-10-5-4-8-13(14(10)18-15(9)17)19-12-7-3-2-6-11(12)16/h2-9H,1H3. The van der Waals surface area contributed by atoms with E-state index in [2.05, 4.69) is 0 Å². The molecule has 0 aromatic heterocycles. The number of benzene rings is 2. The Kier molecular flexibility index (Phi) is 3.03. The Balaban J connectivity index is 2.00. The fourth-order valence-corrected chi connectivity index (χ4v) is 2.97.